The average Bonchev–Trinajstić information content (AvgIpc) is 2.45. The van der Waals surface area contributed by atoms with Crippen molar-refractivity contribution in [1.29, 1.82) is 0 Å². The molecule has 2 aromatic rings. The highest BCUT2D eigenvalue weighted by atomic mass is 32.1. The third-order valence-corrected chi connectivity index (χ3v) is 2.92. The molecular weight excluding hydrogens is 258 g/mol. The van der Waals surface area contributed by atoms with Gasteiger partial charge < -0.3 is 15.8 Å². The molecule has 1 aromatic heterocycles. The Kier molecular flexibility index (Phi) is 4.30. The van der Waals surface area contributed by atoms with Gasteiger partial charge in [-0.15, -0.1) is 0 Å². The van der Waals surface area contributed by atoms with Gasteiger partial charge in [-0.25, -0.2) is 0 Å². The van der Waals surface area contributed by atoms with Crippen LogP contribution < -0.4 is 15.8 Å². The summed E-state index contributed by atoms with van der Waals surface area (Å²) in [7, 11) is 1.63. The maximum absolute atomic E-state index is 5.71. The van der Waals surface area contributed by atoms with Crippen LogP contribution in [0.2, 0.25) is 0 Å². The quantitative estimate of drug-likeness (QED) is 0.819. The van der Waals surface area contributed by atoms with Gasteiger partial charge in [0.2, 0.25) is 0 Å². The Bertz CT molecular complexity index is 572. The number of thiocarbonyl (C=S) groups is 1. The fourth-order valence-electron chi connectivity index (χ4n) is 1.71. The Hall–Kier alpha value is -2.14. The number of hydrogen-bond donors (Lipinski definition) is 2. The molecule has 0 saturated carbocycles. The highest BCUT2D eigenvalue weighted by molar-refractivity contribution is 7.80. The van der Waals surface area contributed by atoms with Gasteiger partial charge in [0.15, 0.2) is 0 Å². The Balaban J connectivity index is 2.20. The number of benzene rings is 1. The first kappa shape index (κ1) is 13.3. The summed E-state index contributed by atoms with van der Waals surface area (Å²) in [6.07, 6.45) is 3.56. The molecule has 0 saturated heterocycles. The molecule has 0 atom stereocenters. The van der Waals surface area contributed by atoms with E-state index in [1.54, 1.807) is 13.3 Å². The van der Waals surface area contributed by atoms with E-state index in [-0.39, 0.29) is 0 Å². The number of nitrogens with two attached hydrogens (primary N) is 1. The van der Waals surface area contributed by atoms with Crippen molar-refractivity contribution in [2.24, 2.45) is 5.73 Å². The van der Waals surface area contributed by atoms with Gasteiger partial charge >= 0.3 is 0 Å². The monoisotopic (exact) mass is 273 g/mol. The van der Waals surface area contributed by atoms with Crippen molar-refractivity contribution in [1.82, 2.24) is 4.98 Å². The molecule has 2 rings (SSSR count). The molecule has 1 aromatic carbocycles. The second-order valence-corrected chi connectivity index (χ2v) is 4.43. The van der Waals surface area contributed by atoms with E-state index in [9.17, 15) is 0 Å². The Morgan fingerprint density at radius 1 is 1.42 bits per heavy atom. The summed E-state index contributed by atoms with van der Waals surface area (Å²) < 4.78 is 5.21. The fourth-order valence-corrected chi connectivity index (χ4v) is 1.89. The third kappa shape index (κ3) is 3.42. The van der Waals surface area contributed by atoms with Crippen molar-refractivity contribution in [3.05, 3.63) is 53.9 Å². The first-order valence-electron chi connectivity index (χ1n) is 5.81. The minimum atomic E-state index is 0.358. The van der Waals surface area contributed by atoms with Crippen molar-refractivity contribution in [2.45, 2.75) is 6.54 Å². The van der Waals surface area contributed by atoms with Crippen LogP contribution in [-0.4, -0.2) is 17.1 Å². The number of nitrogens with one attached hydrogen (secondary N) is 1. The summed E-state index contributed by atoms with van der Waals surface area (Å²) in [6, 6.07) is 9.47. The van der Waals surface area contributed by atoms with Crippen molar-refractivity contribution in [3.8, 4) is 5.75 Å². The molecular formula is C14H15N3OS. The van der Waals surface area contributed by atoms with E-state index in [1.807, 2.05) is 36.5 Å². The second kappa shape index (κ2) is 6.15. The van der Waals surface area contributed by atoms with Crippen LogP contribution in [0.3, 0.4) is 0 Å². The smallest absolute Gasteiger partial charge is 0.120 e. The molecule has 5 heteroatoms. The lowest BCUT2D eigenvalue weighted by atomic mass is 10.1. The van der Waals surface area contributed by atoms with Gasteiger partial charge in [0.1, 0.15) is 10.7 Å². The summed E-state index contributed by atoms with van der Waals surface area (Å²) in [4.78, 5) is 4.43. The van der Waals surface area contributed by atoms with E-state index in [4.69, 9.17) is 22.7 Å². The van der Waals surface area contributed by atoms with Crippen molar-refractivity contribution in [3.63, 3.8) is 0 Å². The standard InChI is InChI=1S/C14H15N3OS/c1-18-11-4-5-12(14(15)19)13(7-11)17-9-10-3-2-6-16-8-10/h2-8,17H,9H2,1H3,(H2,15,19). The molecule has 0 aliphatic carbocycles. The molecule has 0 aliphatic rings. The molecule has 0 aliphatic heterocycles. The molecule has 0 bridgehead atoms. The summed E-state index contributed by atoms with van der Waals surface area (Å²) in [5.41, 5.74) is 8.46. The number of pyridine rings is 1. The molecule has 1 heterocycles. The van der Waals surface area contributed by atoms with E-state index < -0.39 is 0 Å². The summed E-state index contributed by atoms with van der Waals surface area (Å²) >= 11 is 5.04. The van der Waals surface area contributed by atoms with Gasteiger partial charge in [-0.05, 0) is 23.8 Å². The summed E-state index contributed by atoms with van der Waals surface area (Å²) in [5, 5.41) is 3.30. The SMILES string of the molecule is COc1ccc(C(N)=S)c(NCc2cccnc2)c1. The highest BCUT2D eigenvalue weighted by Crippen LogP contribution is 2.23. The summed E-state index contributed by atoms with van der Waals surface area (Å²) in [6.45, 7) is 0.649. The molecule has 0 fully saturated rings. The van der Waals surface area contributed by atoms with Gasteiger partial charge in [-0.2, -0.15) is 0 Å². The number of aromatic nitrogens is 1. The van der Waals surface area contributed by atoms with Crippen LogP contribution in [0.25, 0.3) is 0 Å². The first-order valence-corrected chi connectivity index (χ1v) is 6.22. The zero-order valence-electron chi connectivity index (χ0n) is 10.6. The van der Waals surface area contributed by atoms with Crippen molar-refractivity contribution in [2.75, 3.05) is 12.4 Å². The topological polar surface area (TPSA) is 60.2 Å². The van der Waals surface area contributed by atoms with Gasteiger partial charge in [-0.1, -0.05) is 18.3 Å². The first-order chi connectivity index (χ1) is 9.20. The van der Waals surface area contributed by atoms with Crippen LogP contribution in [0, 0.1) is 0 Å². The maximum Gasteiger partial charge on any atom is 0.120 e. The van der Waals surface area contributed by atoms with Crippen LogP contribution in [0.5, 0.6) is 5.75 Å². The van der Waals surface area contributed by atoms with Crippen LogP contribution >= 0.6 is 12.2 Å². The number of methoxy groups -OCH3 is 1. The lowest BCUT2D eigenvalue weighted by molar-refractivity contribution is 0.415. The number of ether oxygens (including phenoxy) is 1. The van der Waals surface area contributed by atoms with E-state index in [0.29, 0.717) is 11.5 Å². The van der Waals surface area contributed by atoms with Crippen molar-refractivity contribution >= 4 is 22.9 Å². The molecule has 0 radical (unpaired) electrons. The molecule has 19 heavy (non-hydrogen) atoms. The number of anilines is 1. The minimum Gasteiger partial charge on any atom is -0.497 e. The van der Waals surface area contributed by atoms with E-state index in [2.05, 4.69) is 10.3 Å². The van der Waals surface area contributed by atoms with Crippen molar-refractivity contribution < 1.29 is 4.74 Å². The largest absolute Gasteiger partial charge is 0.497 e. The number of hydrogen-bond acceptors (Lipinski definition) is 4. The minimum absolute atomic E-state index is 0.358. The Morgan fingerprint density at radius 2 is 2.26 bits per heavy atom. The Labute approximate surface area is 117 Å². The van der Waals surface area contributed by atoms with E-state index in [1.165, 1.54) is 0 Å². The average molecular weight is 273 g/mol. The molecule has 0 spiro atoms. The van der Waals surface area contributed by atoms with E-state index >= 15 is 0 Å². The summed E-state index contributed by atoms with van der Waals surface area (Å²) in [5.74, 6) is 0.758. The van der Waals surface area contributed by atoms with Crippen LogP contribution in [0.1, 0.15) is 11.1 Å². The zero-order valence-corrected chi connectivity index (χ0v) is 11.4. The van der Waals surface area contributed by atoms with E-state index in [0.717, 1.165) is 22.6 Å². The highest BCUT2D eigenvalue weighted by Gasteiger charge is 2.06. The molecule has 0 amide bonds. The number of rotatable bonds is 5. The van der Waals surface area contributed by atoms with Gasteiger partial charge in [0.25, 0.3) is 0 Å². The second-order valence-electron chi connectivity index (χ2n) is 3.99. The lowest BCUT2D eigenvalue weighted by Gasteiger charge is -2.12. The maximum atomic E-state index is 5.71. The van der Waals surface area contributed by atoms with Gasteiger partial charge in [0.05, 0.1) is 7.11 Å². The third-order valence-electron chi connectivity index (χ3n) is 2.70. The zero-order chi connectivity index (χ0) is 13.7. The van der Waals surface area contributed by atoms with Gasteiger partial charge in [-0.3, -0.25) is 4.98 Å². The molecule has 98 valence electrons. The number of nitrogens with zero attached hydrogens (tertiary/aromatic N) is 1. The predicted molar refractivity (Wildman–Crippen MR) is 80.4 cm³/mol. The molecule has 0 unspecified atom stereocenters. The predicted octanol–water partition coefficient (Wildman–Crippen LogP) is 2.34. The van der Waals surface area contributed by atoms with Gasteiger partial charge in [0, 0.05) is 36.3 Å². The van der Waals surface area contributed by atoms with Crippen LogP contribution in [0.4, 0.5) is 5.69 Å². The molecule has 3 N–H and O–H groups in total. The van der Waals surface area contributed by atoms with Crippen LogP contribution in [-0.2, 0) is 6.54 Å². The molecule has 4 nitrogen and oxygen atoms in total. The Morgan fingerprint density at radius 3 is 2.89 bits per heavy atom. The fraction of sp³-hybridized carbons (Fsp3) is 0.143. The normalized spacial score (nSPS) is 9.95. The van der Waals surface area contributed by atoms with Crippen LogP contribution in [0.15, 0.2) is 42.7 Å². The lowest BCUT2D eigenvalue weighted by Crippen LogP contribution is -2.13.